The van der Waals surface area contributed by atoms with Gasteiger partial charge in [-0.1, -0.05) is 0 Å². The number of halogens is 2. The highest BCUT2D eigenvalue weighted by Crippen LogP contribution is 2.24. The first-order valence-corrected chi connectivity index (χ1v) is 6.86. The summed E-state index contributed by atoms with van der Waals surface area (Å²) in [6.07, 6.45) is 2.51. The maximum absolute atomic E-state index is 13.3. The molecule has 0 aliphatic carbocycles. The molecule has 0 aromatic heterocycles. The number of benzene rings is 1. The van der Waals surface area contributed by atoms with E-state index in [0.29, 0.717) is 10.4 Å². The lowest BCUT2D eigenvalue weighted by Gasteiger charge is -2.23. The lowest BCUT2D eigenvalue weighted by atomic mass is 9.99. The smallest absolute Gasteiger partial charge is 0.137 e. The van der Waals surface area contributed by atoms with Crippen LogP contribution in [0.15, 0.2) is 16.6 Å². The van der Waals surface area contributed by atoms with E-state index in [1.165, 1.54) is 12.8 Å². The molecular formula is C13H18BrFN2. The van der Waals surface area contributed by atoms with E-state index in [2.05, 4.69) is 26.6 Å². The summed E-state index contributed by atoms with van der Waals surface area (Å²) in [5.74, 6) is 0.472. The van der Waals surface area contributed by atoms with Gasteiger partial charge in [-0.25, -0.2) is 4.39 Å². The van der Waals surface area contributed by atoms with Crippen molar-refractivity contribution in [3.05, 3.63) is 28.0 Å². The summed E-state index contributed by atoms with van der Waals surface area (Å²) >= 11 is 3.22. The molecule has 1 aromatic carbocycles. The molecule has 2 rings (SSSR count). The number of anilines is 1. The normalized spacial score (nSPS) is 20.3. The van der Waals surface area contributed by atoms with Gasteiger partial charge in [-0.15, -0.1) is 0 Å². The fourth-order valence-electron chi connectivity index (χ4n) is 2.19. The van der Waals surface area contributed by atoms with Gasteiger partial charge in [0.2, 0.25) is 0 Å². The van der Waals surface area contributed by atoms with Crippen LogP contribution in [-0.2, 0) is 0 Å². The third-order valence-electron chi connectivity index (χ3n) is 3.25. The topological polar surface area (TPSA) is 24.1 Å². The van der Waals surface area contributed by atoms with Crippen LogP contribution in [0.2, 0.25) is 0 Å². The number of hydrogen-bond acceptors (Lipinski definition) is 2. The average Bonchev–Trinajstić information content (AvgIpc) is 2.33. The van der Waals surface area contributed by atoms with Gasteiger partial charge in [-0.2, -0.15) is 0 Å². The van der Waals surface area contributed by atoms with E-state index in [-0.39, 0.29) is 5.82 Å². The summed E-state index contributed by atoms with van der Waals surface area (Å²) < 4.78 is 13.8. The Balaban J connectivity index is 1.96. The van der Waals surface area contributed by atoms with Crippen molar-refractivity contribution in [3.63, 3.8) is 0 Å². The van der Waals surface area contributed by atoms with Crippen LogP contribution in [0.3, 0.4) is 0 Å². The summed E-state index contributed by atoms with van der Waals surface area (Å²) in [4.78, 5) is 0. The summed E-state index contributed by atoms with van der Waals surface area (Å²) in [7, 11) is 0. The molecule has 1 unspecified atom stereocenters. The minimum atomic E-state index is -0.201. The Morgan fingerprint density at radius 1 is 1.53 bits per heavy atom. The van der Waals surface area contributed by atoms with Crippen LogP contribution < -0.4 is 10.6 Å². The third kappa shape index (κ3) is 3.42. The molecule has 1 aromatic rings. The van der Waals surface area contributed by atoms with Crippen molar-refractivity contribution in [3.8, 4) is 0 Å². The second-order valence-corrected chi connectivity index (χ2v) is 5.53. The van der Waals surface area contributed by atoms with Crippen LogP contribution in [0.4, 0.5) is 10.1 Å². The van der Waals surface area contributed by atoms with Crippen LogP contribution in [-0.4, -0.2) is 19.6 Å². The first-order chi connectivity index (χ1) is 8.16. The van der Waals surface area contributed by atoms with Crippen LogP contribution in [0.1, 0.15) is 18.4 Å². The molecule has 0 saturated carbocycles. The fourth-order valence-corrected chi connectivity index (χ4v) is 2.53. The Morgan fingerprint density at radius 3 is 3.06 bits per heavy atom. The predicted molar refractivity (Wildman–Crippen MR) is 72.9 cm³/mol. The van der Waals surface area contributed by atoms with Gasteiger partial charge in [0.1, 0.15) is 5.82 Å². The zero-order valence-corrected chi connectivity index (χ0v) is 11.6. The molecule has 0 spiro atoms. The molecule has 0 radical (unpaired) electrons. The van der Waals surface area contributed by atoms with E-state index < -0.39 is 0 Å². The number of rotatable bonds is 3. The van der Waals surface area contributed by atoms with Gasteiger partial charge < -0.3 is 10.6 Å². The van der Waals surface area contributed by atoms with Crippen molar-refractivity contribution in [2.24, 2.45) is 5.92 Å². The van der Waals surface area contributed by atoms with Crippen molar-refractivity contribution in [1.29, 1.82) is 0 Å². The predicted octanol–water partition coefficient (Wildman–Crippen LogP) is 3.31. The Labute approximate surface area is 110 Å². The van der Waals surface area contributed by atoms with E-state index in [9.17, 15) is 4.39 Å². The van der Waals surface area contributed by atoms with Crippen molar-refractivity contribution in [2.75, 3.05) is 25.0 Å². The van der Waals surface area contributed by atoms with Crippen molar-refractivity contribution >= 4 is 21.6 Å². The van der Waals surface area contributed by atoms with E-state index >= 15 is 0 Å². The van der Waals surface area contributed by atoms with Crippen LogP contribution in [0, 0.1) is 18.7 Å². The van der Waals surface area contributed by atoms with Gasteiger partial charge >= 0.3 is 0 Å². The van der Waals surface area contributed by atoms with Crippen LogP contribution in [0.5, 0.6) is 0 Å². The average molecular weight is 301 g/mol. The Bertz CT molecular complexity index is 389. The number of aryl methyl sites for hydroxylation is 1. The van der Waals surface area contributed by atoms with E-state index in [4.69, 9.17) is 0 Å². The van der Waals surface area contributed by atoms with Gasteiger partial charge in [0.05, 0.1) is 4.47 Å². The summed E-state index contributed by atoms with van der Waals surface area (Å²) in [6.45, 7) is 5.09. The van der Waals surface area contributed by atoms with Gasteiger partial charge in [-0.3, -0.25) is 0 Å². The molecule has 0 amide bonds. The van der Waals surface area contributed by atoms with Gasteiger partial charge in [0.15, 0.2) is 0 Å². The molecule has 0 bridgehead atoms. The van der Waals surface area contributed by atoms with Crippen molar-refractivity contribution < 1.29 is 4.39 Å². The largest absolute Gasteiger partial charge is 0.384 e. The number of hydrogen-bond donors (Lipinski definition) is 2. The third-order valence-corrected chi connectivity index (χ3v) is 3.86. The molecule has 4 heteroatoms. The molecule has 1 atom stereocenters. The van der Waals surface area contributed by atoms with E-state index in [0.717, 1.165) is 30.9 Å². The Kier molecular flexibility index (Phi) is 4.40. The molecule has 1 fully saturated rings. The minimum absolute atomic E-state index is 0.201. The van der Waals surface area contributed by atoms with Crippen molar-refractivity contribution in [1.82, 2.24) is 5.32 Å². The fraction of sp³-hybridized carbons (Fsp3) is 0.538. The van der Waals surface area contributed by atoms with Crippen LogP contribution >= 0.6 is 15.9 Å². The minimum Gasteiger partial charge on any atom is -0.384 e. The van der Waals surface area contributed by atoms with Crippen molar-refractivity contribution in [2.45, 2.75) is 19.8 Å². The summed E-state index contributed by atoms with van der Waals surface area (Å²) in [5.41, 5.74) is 1.97. The van der Waals surface area contributed by atoms with Gasteiger partial charge in [0, 0.05) is 12.2 Å². The van der Waals surface area contributed by atoms with Gasteiger partial charge in [-0.05, 0) is 72.4 Å². The molecule has 2 nitrogen and oxygen atoms in total. The second kappa shape index (κ2) is 5.83. The van der Waals surface area contributed by atoms with Gasteiger partial charge in [0.25, 0.3) is 0 Å². The number of piperidine rings is 1. The molecule has 94 valence electrons. The first-order valence-electron chi connectivity index (χ1n) is 6.07. The Hall–Kier alpha value is -0.610. The maximum atomic E-state index is 13.3. The van der Waals surface area contributed by atoms with E-state index in [1.54, 1.807) is 6.07 Å². The standard InChI is InChI=1S/C13H18BrFN2/c1-9-5-12(15)11(14)6-13(9)17-8-10-3-2-4-16-7-10/h5-6,10,16-17H,2-4,7-8H2,1H3. The first kappa shape index (κ1) is 12.8. The molecule has 17 heavy (non-hydrogen) atoms. The second-order valence-electron chi connectivity index (χ2n) is 4.67. The molecule has 2 N–H and O–H groups in total. The maximum Gasteiger partial charge on any atom is 0.137 e. The quantitative estimate of drug-likeness (QED) is 0.895. The number of nitrogens with one attached hydrogen (secondary N) is 2. The summed E-state index contributed by atoms with van der Waals surface area (Å²) in [5, 5.41) is 6.81. The Morgan fingerprint density at radius 2 is 2.35 bits per heavy atom. The molecule has 1 aliphatic heterocycles. The lowest BCUT2D eigenvalue weighted by molar-refractivity contribution is 0.393. The zero-order valence-electron chi connectivity index (χ0n) is 10.0. The monoisotopic (exact) mass is 300 g/mol. The highest BCUT2D eigenvalue weighted by Gasteiger charge is 2.13. The van der Waals surface area contributed by atoms with Crippen LogP contribution in [0.25, 0.3) is 0 Å². The highest BCUT2D eigenvalue weighted by atomic mass is 79.9. The molecule has 1 saturated heterocycles. The zero-order chi connectivity index (χ0) is 12.3. The molecule has 1 aliphatic rings. The summed E-state index contributed by atoms with van der Waals surface area (Å²) in [6, 6.07) is 3.38. The lowest BCUT2D eigenvalue weighted by Crippen LogP contribution is -2.33. The molecule has 1 heterocycles. The van der Waals surface area contributed by atoms with E-state index in [1.807, 2.05) is 13.0 Å². The SMILES string of the molecule is Cc1cc(F)c(Br)cc1NCC1CCCNC1. The molecular weight excluding hydrogens is 283 g/mol. The highest BCUT2D eigenvalue weighted by molar-refractivity contribution is 9.10.